The van der Waals surface area contributed by atoms with Gasteiger partial charge in [0.1, 0.15) is 5.69 Å². The number of rotatable bonds is 5. The number of hydrogen-bond acceptors (Lipinski definition) is 4. The minimum atomic E-state index is -0.391. The van der Waals surface area contributed by atoms with E-state index in [0.29, 0.717) is 24.1 Å². The number of pyridine rings is 1. The molecule has 0 bridgehead atoms. The molecule has 2 unspecified atom stereocenters. The van der Waals surface area contributed by atoms with Crippen LogP contribution < -0.4 is 11.3 Å². The van der Waals surface area contributed by atoms with E-state index in [1.54, 1.807) is 12.1 Å². The molecule has 1 aliphatic rings. The zero-order valence-corrected chi connectivity index (χ0v) is 11.7. The molecule has 0 aromatic carbocycles. The minimum absolute atomic E-state index is 0.308. The molecule has 20 heavy (non-hydrogen) atoms. The lowest BCUT2D eigenvalue weighted by Crippen LogP contribution is -2.30. The first-order valence-corrected chi connectivity index (χ1v) is 6.90. The van der Waals surface area contributed by atoms with Crippen LogP contribution in [0.3, 0.4) is 0 Å². The molecule has 0 saturated heterocycles. The Labute approximate surface area is 119 Å². The normalized spacial score (nSPS) is 21.7. The zero-order chi connectivity index (χ0) is 14.4. The summed E-state index contributed by atoms with van der Waals surface area (Å²) in [5.41, 5.74) is 3.12. The maximum Gasteiger partial charge on any atom is 0.283 e. The molecule has 1 heterocycles. The van der Waals surface area contributed by atoms with Crippen LogP contribution in [0.2, 0.25) is 0 Å². The van der Waals surface area contributed by atoms with Gasteiger partial charge in [0.2, 0.25) is 0 Å². The third-order valence-corrected chi connectivity index (χ3v) is 3.67. The van der Waals surface area contributed by atoms with E-state index in [2.05, 4.69) is 29.5 Å². The number of carbonyl (C=O) groups is 1. The fourth-order valence-corrected chi connectivity index (χ4v) is 2.31. The topological polar surface area (TPSA) is 77.2 Å². The summed E-state index contributed by atoms with van der Waals surface area (Å²) in [5.74, 6) is 5.92. The average molecular weight is 275 g/mol. The molecule has 5 heteroatoms. The Morgan fingerprint density at radius 2 is 2.25 bits per heavy atom. The predicted molar refractivity (Wildman–Crippen MR) is 76.6 cm³/mol. The molecule has 108 valence electrons. The number of aromatic nitrogens is 1. The van der Waals surface area contributed by atoms with E-state index in [9.17, 15) is 4.79 Å². The van der Waals surface area contributed by atoms with Crippen LogP contribution in [0.5, 0.6) is 0 Å². The Kier molecular flexibility index (Phi) is 5.26. The highest BCUT2D eigenvalue weighted by molar-refractivity contribution is 5.91. The molecule has 1 aromatic heterocycles. The molecule has 0 spiro atoms. The maximum absolute atomic E-state index is 11.4. The highest BCUT2D eigenvalue weighted by Gasteiger charge is 2.18. The van der Waals surface area contributed by atoms with Crippen LogP contribution in [0.1, 0.15) is 35.9 Å². The predicted octanol–water partition coefficient (Wildman–Crippen LogP) is 1.80. The van der Waals surface area contributed by atoms with Crippen molar-refractivity contribution in [1.29, 1.82) is 0 Å². The molecule has 0 radical (unpaired) electrons. The molecule has 0 saturated carbocycles. The summed E-state index contributed by atoms with van der Waals surface area (Å²) in [5, 5.41) is 0. The summed E-state index contributed by atoms with van der Waals surface area (Å²) in [7, 11) is 0. The first kappa shape index (κ1) is 14.7. The van der Waals surface area contributed by atoms with Crippen LogP contribution >= 0.6 is 0 Å². The van der Waals surface area contributed by atoms with Crippen molar-refractivity contribution in [3.63, 3.8) is 0 Å². The summed E-state index contributed by atoms with van der Waals surface area (Å²) in [6.45, 7) is 3.39. The number of nitrogen functional groups attached to an aromatic ring is 1. The van der Waals surface area contributed by atoms with Crippen molar-refractivity contribution in [2.75, 3.05) is 6.61 Å². The summed E-state index contributed by atoms with van der Waals surface area (Å²) < 4.78 is 5.74. The molecular weight excluding hydrogens is 254 g/mol. The number of allylic oxidation sites excluding steroid dienone is 2. The van der Waals surface area contributed by atoms with E-state index in [-0.39, 0.29) is 0 Å². The van der Waals surface area contributed by atoms with E-state index in [1.807, 2.05) is 6.07 Å². The van der Waals surface area contributed by atoms with Gasteiger partial charge in [-0.25, -0.2) is 10.8 Å². The van der Waals surface area contributed by atoms with Gasteiger partial charge in [-0.05, 0) is 36.8 Å². The van der Waals surface area contributed by atoms with E-state index >= 15 is 0 Å². The maximum atomic E-state index is 11.4. The number of hydrogen-bond donors (Lipinski definition) is 2. The van der Waals surface area contributed by atoms with Crippen LogP contribution in [0.15, 0.2) is 30.4 Å². The SMILES string of the molecule is CC1CC=CCC1COCc1cccc(C(=O)NN)n1. The first-order chi connectivity index (χ1) is 9.70. The van der Waals surface area contributed by atoms with E-state index in [0.717, 1.165) is 25.1 Å². The second-order valence-corrected chi connectivity index (χ2v) is 5.18. The number of hydrazine groups is 1. The monoisotopic (exact) mass is 275 g/mol. The van der Waals surface area contributed by atoms with Gasteiger partial charge in [-0.2, -0.15) is 0 Å². The molecule has 5 nitrogen and oxygen atoms in total. The Balaban J connectivity index is 1.85. The molecular formula is C15H21N3O2. The summed E-state index contributed by atoms with van der Waals surface area (Å²) >= 11 is 0. The smallest absolute Gasteiger partial charge is 0.283 e. The van der Waals surface area contributed by atoms with Crippen molar-refractivity contribution in [3.05, 3.63) is 41.7 Å². The summed E-state index contributed by atoms with van der Waals surface area (Å²) in [6.07, 6.45) is 6.65. The fourth-order valence-electron chi connectivity index (χ4n) is 2.31. The van der Waals surface area contributed by atoms with Gasteiger partial charge >= 0.3 is 0 Å². The third-order valence-electron chi connectivity index (χ3n) is 3.67. The molecule has 1 amide bonds. The average Bonchev–Trinajstić information content (AvgIpc) is 2.49. The van der Waals surface area contributed by atoms with Crippen molar-refractivity contribution in [1.82, 2.24) is 10.4 Å². The highest BCUT2D eigenvalue weighted by atomic mass is 16.5. The number of nitrogens with zero attached hydrogens (tertiary/aromatic N) is 1. The largest absolute Gasteiger partial charge is 0.375 e. The lowest BCUT2D eigenvalue weighted by molar-refractivity contribution is 0.0660. The van der Waals surface area contributed by atoms with Gasteiger partial charge in [-0.15, -0.1) is 0 Å². The molecule has 1 aliphatic carbocycles. The van der Waals surface area contributed by atoms with E-state index in [4.69, 9.17) is 10.6 Å². The van der Waals surface area contributed by atoms with Crippen molar-refractivity contribution < 1.29 is 9.53 Å². The standard InChI is InChI=1S/C15H21N3O2/c1-11-5-2-3-6-12(11)9-20-10-13-7-4-8-14(17-13)15(19)18-16/h2-4,7-8,11-12H,5-6,9-10,16H2,1H3,(H,18,19). The molecule has 0 fully saturated rings. The van der Waals surface area contributed by atoms with Crippen molar-refractivity contribution >= 4 is 5.91 Å². The third kappa shape index (κ3) is 3.88. The molecule has 1 aromatic rings. The van der Waals surface area contributed by atoms with Crippen molar-refractivity contribution in [2.24, 2.45) is 17.7 Å². The highest BCUT2D eigenvalue weighted by Crippen LogP contribution is 2.25. The number of ether oxygens (including phenoxy) is 1. The Bertz CT molecular complexity index is 488. The van der Waals surface area contributed by atoms with E-state index < -0.39 is 5.91 Å². The van der Waals surface area contributed by atoms with Crippen LogP contribution in [0.4, 0.5) is 0 Å². The van der Waals surface area contributed by atoms with Crippen molar-refractivity contribution in [3.8, 4) is 0 Å². The van der Waals surface area contributed by atoms with Gasteiger partial charge in [-0.3, -0.25) is 10.2 Å². The van der Waals surface area contributed by atoms with Gasteiger partial charge in [0.15, 0.2) is 0 Å². The molecule has 0 aliphatic heterocycles. The second-order valence-electron chi connectivity index (χ2n) is 5.18. The summed E-state index contributed by atoms with van der Waals surface area (Å²) in [6, 6.07) is 5.25. The van der Waals surface area contributed by atoms with Gasteiger partial charge in [0.25, 0.3) is 5.91 Å². The lowest BCUT2D eigenvalue weighted by atomic mass is 9.85. The van der Waals surface area contributed by atoms with Crippen LogP contribution in [0.25, 0.3) is 0 Å². The Morgan fingerprint density at radius 1 is 1.45 bits per heavy atom. The van der Waals surface area contributed by atoms with Gasteiger partial charge < -0.3 is 4.74 Å². The van der Waals surface area contributed by atoms with Crippen LogP contribution in [-0.4, -0.2) is 17.5 Å². The lowest BCUT2D eigenvalue weighted by Gasteiger charge is -2.24. The van der Waals surface area contributed by atoms with E-state index in [1.165, 1.54) is 0 Å². The summed E-state index contributed by atoms with van der Waals surface area (Å²) in [4.78, 5) is 15.6. The van der Waals surface area contributed by atoms with Gasteiger partial charge in [0.05, 0.1) is 18.9 Å². The number of carbonyl (C=O) groups excluding carboxylic acids is 1. The number of amides is 1. The van der Waals surface area contributed by atoms with Crippen LogP contribution in [-0.2, 0) is 11.3 Å². The van der Waals surface area contributed by atoms with Crippen LogP contribution in [0, 0.1) is 11.8 Å². The minimum Gasteiger partial charge on any atom is -0.375 e. The Morgan fingerprint density at radius 3 is 3.00 bits per heavy atom. The fraction of sp³-hybridized carbons (Fsp3) is 0.467. The zero-order valence-electron chi connectivity index (χ0n) is 11.7. The number of nitrogens with two attached hydrogens (primary N) is 1. The quantitative estimate of drug-likeness (QED) is 0.372. The second kappa shape index (κ2) is 7.17. The van der Waals surface area contributed by atoms with Gasteiger partial charge in [-0.1, -0.05) is 25.1 Å². The van der Waals surface area contributed by atoms with Crippen molar-refractivity contribution in [2.45, 2.75) is 26.4 Å². The Hall–Kier alpha value is -1.72. The van der Waals surface area contributed by atoms with Gasteiger partial charge in [0, 0.05) is 0 Å². The molecule has 2 atom stereocenters. The number of nitrogens with one attached hydrogen (secondary N) is 1. The first-order valence-electron chi connectivity index (χ1n) is 6.90. The molecule has 3 N–H and O–H groups in total. The molecule has 2 rings (SSSR count).